The van der Waals surface area contributed by atoms with Gasteiger partial charge in [-0.25, -0.2) is 4.98 Å². The zero-order valence-electron chi connectivity index (χ0n) is 15.9. The topological polar surface area (TPSA) is 54.2 Å². The third-order valence-electron chi connectivity index (χ3n) is 5.33. The van der Waals surface area contributed by atoms with Crippen LogP contribution in [-0.4, -0.2) is 37.9 Å². The van der Waals surface area contributed by atoms with Gasteiger partial charge in [0.25, 0.3) is 0 Å². The first-order chi connectivity index (χ1) is 13.8. The van der Waals surface area contributed by atoms with Crippen LogP contribution in [0.5, 0.6) is 5.88 Å². The molecule has 1 aliphatic rings. The molecule has 1 aliphatic carbocycles. The van der Waals surface area contributed by atoms with Crippen LogP contribution in [0.15, 0.2) is 48.5 Å². The number of hydrogen-bond acceptors (Lipinski definition) is 4. The van der Waals surface area contributed by atoms with E-state index >= 15 is 0 Å². The molecule has 0 aliphatic heterocycles. The zero-order valence-corrected chi connectivity index (χ0v) is 15.9. The molecule has 1 aromatic carbocycles. The lowest BCUT2D eigenvalue weighted by atomic mass is 9.92. The number of aromatic nitrogens is 3. The summed E-state index contributed by atoms with van der Waals surface area (Å²) in [5, 5.41) is 15.0. The maximum atomic E-state index is 13.0. The molecule has 5 nitrogen and oxygen atoms in total. The minimum atomic E-state index is -4.55. The molecule has 4 rings (SSSR count). The van der Waals surface area contributed by atoms with E-state index in [4.69, 9.17) is 0 Å². The van der Waals surface area contributed by atoms with Crippen LogP contribution in [0.1, 0.15) is 28.9 Å². The maximum Gasteiger partial charge on any atom is 0.433 e. The van der Waals surface area contributed by atoms with Crippen LogP contribution < -0.4 is 0 Å². The van der Waals surface area contributed by atoms with Gasteiger partial charge in [-0.15, -0.1) is 0 Å². The van der Waals surface area contributed by atoms with E-state index < -0.39 is 11.9 Å². The summed E-state index contributed by atoms with van der Waals surface area (Å²) in [5.41, 5.74) is 1.59. The predicted molar refractivity (Wildman–Crippen MR) is 102 cm³/mol. The molecule has 0 saturated heterocycles. The summed E-state index contributed by atoms with van der Waals surface area (Å²) < 4.78 is 40.0. The van der Waals surface area contributed by atoms with Crippen LogP contribution in [-0.2, 0) is 25.6 Å². The summed E-state index contributed by atoms with van der Waals surface area (Å²) in [4.78, 5) is 5.87. The number of alkyl halides is 3. The Morgan fingerprint density at radius 2 is 1.90 bits per heavy atom. The van der Waals surface area contributed by atoms with E-state index in [1.807, 2.05) is 25.2 Å². The van der Waals surface area contributed by atoms with Crippen molar-refractivity contribution in [2.24, 2.45) is 0 Å². The van der Waals surface area contributed by atoms with Crippen LogP contribution in [0.2, 0.25) is 0 Å². The SMILES string of the molecule is CN(Cc1ccccc1)C1CCc2nn(-c3cccc(C(F)(F)F)n3)c(O)c2C1. The van der Waals surface area contributed by atoms with Crippen molar-refractivity contribution < 1.29 is 18.3 Å². The number of likely N-dealkylation sites (N-methyl/N-ethyl adjacent to an activating group) is 1. The summed E-state index contributed by atoms with van der Waals surface area (Å²) in [7, 11) is 2.04. The van der Waals surface area contributed by atoms with Crippen molar-refractivity contribution in [2.75, 3.05) is 7.05 Å². The standard InChI is InChI=1S/C21H21F3N4O/c1-27(13-14-6-3-2-4-7-14)15-10-11-17-16(12-15)20(29)28(26-17)19-9-5-8-18(25-19)21(22,23)24/h2-9,15,29H,10-13H2,1H3. The predicted octanol–water partition coefficient (Wildman–Crippen LogP) is 3.98. The number of nitrogens with zero attached hydrogens (tertiary/aromatic N) is 4. The van der Waals surface area contributed by atoms with Crippen molar-refractivity contribution in [2.45, 2.75) is 38.0 Å². The Labute approximate surface area is 166 Å². The molecule has 29 heavy (non-hydrogen) atoms. The second-order valence-electron chi connectivity index (χ2n) is 7.34. The molecular weight excluding hydrogens is 381 g/mol. The highest BCUT2D eigenvalue weighted by atomic mass is 19.4. The van der Waals surface area contributed by atoms with E-state index in [1.165, 1.54) is 17.7 Å². The lowest BCUT2D eigenvalue weighted by Gasteiger charge is -2.30. The smallest absolute Gasteiger partial charge is 0.433 e. The number of aryl methyl sites for hydroxylation is 1. The summed E-state index contributed by atoms with van der Waals surface area (Å²) >= 11 is 0. The molecule has 0 bridgehead atoms. The van der Waals surface area contributed by atoms with Crippen LogP contribution in [0.3, 0.4) is 0 Å². The first-order valence-corrected chi connectivity index (χ1v) is 9.41. The lowest BCUT2D eigenvalue weighted by Crippen LogP contribution is -2.35. The second-order valence-corrected chi connectivity index (χ2v) is 7.34. The second kappa shape index (κ2) is 7.51. The molecule has 0 radical (unpaired) electrons. The molecule has 3 aromatic rings. The van der Waals surface area contributed by atoms with E-state index in [2.05, 4.69) is 27.1 Å². The highest BCUT2D eigenvalue weighted by molar-refractivity contribution is 5.40. The Bertz CT molecular complexity index is 1000. The van der Waals surface area contributed by atoms with Crippen molar-refractivity contribution in [1.29, 1.82) is 0 Å². The molecule has 0 fully saturated rings. The van der Waals surface area contributed by atoms with Crippen molar-refractivity contribution in [3.05, 3.63) is 71.0 Å². The van der Waals surface area contributed by atoms with Gasteiger partial charge in [-0.1, -0.05) is 36.4 Å². The van der Waals surface area contributed by atoms with Crippen LogP contribution in [0.25, 0.3) is 5.82 Å². The molecule has 1 N–H and O–H groups in total. The molecule has 0 amide bonds. The fourth-order valence-corrected chi connectivity index (χ4v) is 3.77. The van der Waals surface area contributed by atoms with Gasteiger partial charge in [0.05, 0.1) is 5.69 Å². The highest BCUT2D eigenvalue weighted by Crippen LogP contribution is 2.33. The number of aromatic hydroxyl groups is 1. The van der Waals surface area contributed by atoms with E-state index in [0.29, 0.717) is 24.1 Å². The van der Waals surface area contributed by atoms with E-state index in [0.717, 1.165) is 23.7 Å². The number of fused-ring (bicyclic) bond motifs is 1. The largest absolute Gasteiger partial charge is 0.493 e. The van der Waals surface area contributed by atoms with Gasteiger partial charge in [-0.3, -0.25) is 4.90 Å². The third kappa shape index (κ3) is 3.98. The van der Waals surface area contributed by atoms with Gasteiger partial charge in [-0.2, -0.15) is 23.0 Å². The van der Waals surface area contributed by atoms with Crippen molar-refractivity contribution in [1.82, 2.24) is 19.7 Å². The van der Waals surface area contributed by atoms with E-state index in [-0.39, 0.29) is 17.7 Å². The Morgan fingerprint density at radius 1 is 1.14 bits per heavy atom. The molecule has 0 spiro atoms. The lowest BCUT2D eigenvalue weighted by molar-refractivity contribution is -0.141. The van der Waals surface area contributed by atoms with Crippen molar-refractivity contribution >= 4 is 0 Å². The molecule has 2 aromatic heterocycles. The summed E-state index contributed by atoms with van der Waals surface area (Å²) in [5.74, 6) is -0.175. The van der Waals surface area contributed by atoms with Crippen LogP contribution in [0, 0.1) is 0 Å². The van der Waals surface area contributed by atoms with Crippen molar-refractivity contribution in [3.63, 3.8) is 0 Å². The first kappa shape index (κ1) is 19.4. The minimum absolute atomic E-state index is 0.0408. The number of hydrogen-bond donors (Lipinski definition) is 1. The van der Waals surface area contributed by atoms with Gasteiger partial charge in [0.1, 0.15) is 5.69 Å². The van der Waals surface area contributed by atoms with Gasteiger partial charge < -0.3 is 5.11 Å². The highest BCUT2D eigenvalue weighted by Gasteiger charge is 2.33. The minimum Gasteiger partial charge on any atom is -0.493 e. The van der Waals surface area contributed by atoms with Crippen LogP contribution in [0.4, 0.5) is 13.2 Å². The molecule has 1 atom stereocenters. The average Bonchev–Trinajstić information content (AvgIpc) is 3.04. The molecular formula is C21H21F3N4O. The number of rotatable bonds is 4. The summed E-state index contributed by atoms with van der Waals surface area (Å²) in [6, 6.07) is 13.9. The molecule has 0 saturated carbocycles. The fourth-order valence-electron chi connectivity index (χ4n) is 3.77. The van der Waals surface area contributed by atoms with Gasteiger partial charge in [0.15, 0.2) is 5.82 Å². The third-order valence-corrected chi connectivity index (χ3v) is 5.33. The first-order valence-electron chi connectivity index (χ1n) is 9.41. The maximum absolute atomic E-state index is 13.0. The van der Waals surface area contributed by atoms with E-state index in [9.17, 15) is 18.3 Å². The van der Waals surface area contributed by atoms with Gasteiger partial charge in [0.2, 0.25) is 5.88 Å². The molecule has 8 heteroatoms. The number of pyridine rings is 1. The fraction of sp³-hybridized carbons (Fsp3) is 0.333. The normalized spacial score (nSPS) is 16.8. The number of halogens is 3. The van der Waals surface area contributed by atoms with Gasteiger partial charge in [-0.05, 0) is 44.0 Å². The molecule has 2 heterocycles. The van der Waals surface area contributed by atoms with Gasteiger partial charge in [0, 0.05) is 18.2 Å². The summed E-state index contributed by atoms with van der Waals surface area (Å²) in [6.07, 6.45) is -2.45. The van der Waals surface area contributed by atoms with Crippen molar-refractivity contribution in [3.8, 4) is 11.7 Å². The average molecular weight is 402 g/mol. The quantitative estimate of drug-likeness (QED) is 0.717. The zero-order chi connectivity index (χ0) is 20.6. The Balaban J connectivity index is 1.57. The van der Waals surface area contributed by atoms with Crippen LogP contribution >= 0.6 is 0 Å². The number of benzene rings is 1. The Morgan fingerprint density at radius 3 is 2.62 bits per heavy atom. The molecule has 1 unspecified atom stereocenters. The molecule has 152 valence electrons. The van der Waals surface area contributed by atoms with Gasteiger partial charge >= 0.3 is 6.18 Å². The Hall–Kier alpha value is -2.87. The Kier molecular flexibility index (Phi) is 5.04. The monoisotopic (exact) mass is 402 g/mol. The summed E-state index contributed by atoms with van der Waals surface area (Å²) in [6.45, 7) is 0.783. The van der Waals surface area contributed by atoms with E-state index in [1.54, 1.807) is 0 Å².